The van der Waals surface area contributed by atoms with Gasteiger partial charge in [0.1, 0.15) is 30.1 Å². The Labute approximate surface area is 420 Å². The molecule has 5 saturated heterocycles. The second-order valence-corrected chi connectivity index (χ2v) is 24.7. The number of ether oxygens (including phenoxy) is 5. The minimum atomic E-state index is -2.14. The van der Waals surface area contributed by atoms with Crippen molar-refractivity contribution in [3.63, 3.8) is 0 Å². The van der Waals surface area contributed by atoms with E-state index in [1.807, 2.05) is 32.5 Å². The minimum Gasteiger partial charge on any atom is -0.458 e. The van der Waals surface area contributed by atoms with Crippen LogP contribution in [0.5, 0.6) is 0 Å². The first-order valence-electron chi connectivity index (χ1n) is 25.8. The van der Waals surface area contributed by atoms with Gasteiger partial charge in [0, 0.05) is 72.8 Å². The number of esters is 3. The largest absolute Gasteiger partial charge is 0.458 e. The zero-order valence-corrected chi connectivity index (χ0v) is 42.5. The molecule has 0 radical (unpaired) electrons. The maximum absolute atomic E-state index is 14.2. The highest BCUT2D eigenvalue weighted by Crippen LogP contribution is 2.80. The Bertz CT molecular complexity index is 2430. The van der Waals surface area contributed by atoms with Gasteiger partial charge in [0.25, 0.3) is 0 Å². The topological polar surface area (TPSA) is 315 Å². The summed E-state index contributed by atoms with van der Waals surface area (Å²) in [5.74, 6) is -9.16. The zero-order valence-electron chi connectivity index (χ0n) is 41.6. The zero-order chi connectivity index (χ0) is 51.4. The lowest BCUT2D eigenvalue weighted by Crippen LogP contribution is -2.76. The number of aromatic nitrogens is 3. The molecule has 2 unspecified atom stereocenters. The molecule has 1 aromatic heterocycles. The molecule has 24 atom stereocenters. The van der Waals surface area contributed by atoms with Gasteiger partial charge in [0.05, 0.1) is 60.7 Å². The molecule has 6 heterocycles. The molecule has 4 amide bonds. The third kappa shape index (κ3) is 7.08. The number of aryl methyl sites for hydroxylation is 1. The van der Waals surface area contributed by atoms with Crippen LogP contribution in [0.1, 0.15) is 99.1 Å². The monoisotopic (exact) mass is 1030 g/mol. The molecule has 0 bridgehead atoms. The number of hydrogen-bond donors (Lipinski definition) is 8. The number of carbonyl (C=O) groups is 6. The van der Waals surface area contributed by atoms with Crippen LogP contribution in [0.4, 0.5) is 4.79 Å². The Balaban J connectivity index is 0.807. The van der Waals surface area contributed by atoms with Gasteiger partial charge in [-0.05, 0) is 63.2 Å². The molecule has 0 aromatic carbocycles. The van der Waals surface area contributed by atoms with Gasteiger partial charge in [0.2, 0.25) is 17.6 Å². The van der Waals surface area contributed by atoms with Gasteiger partial charge in [-0.15, -0.1) is 5.10 Å². The lowest BCUT2D eigenvalue weighted by Gasteiger charge is -2.67. The van der Waals surface area contributed by atoms with Crippen molar-refractivity contribution in [1.82, 2.24) is 36.3 Å². The quantitative estimate of drug-likeness (QED) is 0.0394. The van der Waals surface area contributed by atoms with E-state index >= 15 is 0 Å². The Kier molecular flexibility index (Phi) is 12.0. The van der Waals surface area contributed by atoms with E-state index < -0.39 is 136 Å². The van der Waals surface area contributed by atoms with E-state index in [1.165, 1.54) is 20.8 Å². The summed E-state index contributed by atoms with van der Waals surface area (Å²) in [4.78, 5) is 78.8. The number of unbranched alkanes of at least 4 members (excludes halogenated alkanes) is 1. The van der Waals surface area contributed by atoms with Gasteiger partial charge in [-0.2, -0.15) is 11.8 Å². The van der Waals surface area contributed by atoms with Crippen LogP contribution in [0.25, 0.3) is 0 Å². The van der Waals surface area contributed by atoms with Crippen LogP contribution in [-0.4, -0.2) is 161 Å². The molecule has 22 nitrogen and oxygen atoms in total. The fourth-order valence-corrected chi connectivity index (χ4v) is 18.3. The number of thioether (sulfide) groups is 1. The van der Waals surface area contributed by atoms with Crippen molar-refractivity contribution >= 4 is 47.5 Å². The van der Waals surface area contributed by atoms with Gasteiger partial charge in [-0.1, -0.05) is 32.4 Å². The molecule has 396 valence electrons. The number of epoxide rings is 2. The van der Waals surface area contributed by atoms with E-state index in [0.29, 0.717) is 36.8 Å². The van der Waals surface area contributed by atoms with Crippen molar-refractivity contribution in [3.8, 4) is 0 Å². The average Bonchev–Trinajstić information content (AvgIpc) is 4.02. The lowest BCUT2D eigenvalue weighted by molar-refractivity contribution is -0.285. The van der Waals surface area contributed by atoms with Crippen molar-refractivity contribution in [2.75, 3.05) is 5.75 Å². The van der Waals surface area contributed by atoms with Gasteiger partial charge in [-0.3, -0.25) is 23.9 Å². The van der Waals surface area contributed by atoms with Gasteiger partial charge in [-0.25, -0.2) is 9.59 Å². The standard InChI is InChI=1S/C49H69N7O15S/c1-19-30-33(47(6)48(7,66)43(64)71-49(47)41(19)70-49)37(62)31-29-32(39(67-20(2)57)42(46(30,31)5)68-21(3)58)45(4)23(15-25-38(69-25)40(45)63)34(36(29)61)52-28(60)13-10-14-56-17-22(54-55-56)16-50-27(59)12-9-8-11-26-35-24(18-72-26)51-44(65)53-35/h17,19,23-26,29-42,61-63,66H,8-16,18H2,1-7H3,(H,50,59)(H,52,60)(H2,51,53,65)/t19-,23+,24-,25-,26-,29?,30-,31+,32?,33-,34+,35-,36+,37+,38-,39-,40-,41+,42-,45-,46+,47-,48+,49-/m0/s1. The molecule has 23 heteroatoms. The first-order chi connectivity index (χ1) is 34.0. The summed E-state index contributed by atoms with van der Waals surface area (Å²) in [6, 6.07) is -0.809. The predicted octanol–water partition coefficient (Wildman–Crippen LogP) is -0.188. The van der Waals surface area contributed by atoms with Gasteiger partial charge >= 0.3 is 23.9 Å². The average molecular weight is 1030 g/mol. The molecule has 10 fully saturated rings. The van der Waals surface area contributed by atoms with E-state index in [4.69, 9.17) is 23.7 Å². The summed E-state index contributed by atoms with van der Waals surface area (Å²) in [6.07, 6.45) is -2.93. The van der Waals surface area contributed by atoms with Crippen molar-refractivity contribution < 1.29 is 72.9 Å². The molecule has 1 spiro atoms. The highest BCUT2D eigenvalue weighted by atomic mass is 32.2. The number of rotatable bonds is 14. The maximum atomic E-state index is 14.2. The first kappa shape index (κ1) is 50.0. The summed E-state index contributed by atoms with van der Waals surface area (Å²) in [5, 5.41) is 71.6. The van der Waals surface area contributed by atoms with E-state index in [1.54, 1.807) is 17.8 Å². The van der Waals surface area contributed by atoms with Crippen molar-refractivity contribution in [2.24, 2.45) is 57.7 Å². The maximum Gasteiger partial charge on any atom is 0.341 e. The fourth-order valence-electron chi connectivity index (χ4n) is 16.7. The Morgan fingerprint density at radius 2 is 1.67 bits per heavy atom. The third-order valence-corrected chi connectivity index (χ3v) is 21.5. The SMILES string of the molecule is CC(=O)O[C@H]1C2C([C@@H](O)[C@H](NC(=O)CCCn3cc(CNC(=O)CCCC[C@@H]4SC[C@@H]5NC(=O)N[C@@H]54)nn3)[C@H]3C[C@@H]4O[C@@H]4[C@H](O)[C@]23C)[C@@H]2[C@@H](O)[C@@H]3[C@H]([C@H](C)[C@H]4O[C@]45OC(=O)[C@@](C)(O)[C@]35C)[C@@]2(C)[C@H]1OC(C)=O. The summed E-state index contributed by atoms with van der Waals surface area (Å²) < 4.78 is 32.4. The fraction of sp³-hybridized carbons (Fsp3) is 0.837. The molecule has 72 heavy (non-hydrogen) atoms. The van der Waals surface area contributed by atoms with Crippen LogP contribution in [0.2, 0.25) is 0 Å². The second-order valence-electron chi connectivity index (χ2n) is 23.5. The van der Waals surface area contributed by atoms with Crippen molar-refractivity contribution in [1.29, 1.82) is 0 Å². The molecule has 10 aliphatic rings. The van der Waals surface area contributed by atoms with E-state index in [9.17, 15) is 49.2 Å². The number of urea groups is 1. The molecular formula is C49H69N7O15S. The van der Waals surface area contributed by atoms with Crippen LogP contribution in [0.3, 0.4) is 0 Å². The normalized spacial score (nSPS) is 49.4. The van der Waals surface area contributed by atoms with Gasteiger partial charge in [0.15, 0.2) is 5.60 Å². The number of fused-ring (bicyclic) bond motifs is 10. The Hall–Kier alpha value is -4.13. The molecule has 1 aromatic rings. The molecule has 5 saturated carbocycles. The summed E-state index contributed by atoms with van der Waals surface area (Å²) in [6.45, 7) is 11.6. The van der Waals surface area contributed by atoms with Gasteiger partial charge < -0.3 is 65.4 Å². The summed E-state index contributed by atoms with van der Waals surface area (Å²) in [7, 11) is 0. The predicted molar refractivity (Wildman–Crippen MR) is 248 cm³/mol. The molecule has 5 aliphatic carbocycles. The smallest absolute Gasteiger partial charge is 0.341 e. The highest BCUT2D eigenvalue weighted by Gasteiger charge is 2.93. The van der Waals surface area contributed by atoms with Crippen LogP contribution in [0, 0.1) is 57.7 Å². The van der Waals surface area contributed by atoms with E-state index in [0.717, 1.165) is 25.0 Å². The Morgan fingerprint density at radius 3 is 2.40 bits per heavy atom. The minimum absolute atomic E-state index is 0.0163. The Morgan fingerprint density at radius 1 is 0.931 bits per heavy atom. The number of hydrogen-bond acceptors (Lipinski definition) is 18. The number of nitrogens with zero attached hydrogens (tertiary/aromatic N) is 3. The molecular weight excluding hydrogens is 959 g/mol. The number of aliphatic hydroxyl groups excluding tert-OH is 3. The first-order valence-corrected chi connectivity index (χ1v) is 26.9. The number of carbonyl (C=O) groups excluding carboxylic acids is 6. The number of aliphatic hydroxyl groups is 4. The number of amides is 4. The molecule has 8 N–H and O–H groups in total. The summed E-state index contributed by atoms with van der Waals surface area (Å²) >= 11 is 1.85. The van der Waals surface area contributed by atoms with Crippen molar-refractivity contribution in [2.45, 2.75) is 190 Å². The van der Waals surface area contributed by atoms with E-state index in [2.05, 4.69) is 31.6 Å². The van der Waals surface area contributed by atoms with Crippen LogP contribution in [-0.2, 0) is 60.7 Å². The van der Waals surface area contributed by atoms with Crippen molar-refractivity contribution in [3.05, 3.63) is 11.9 Å². The highest BCUT2D eigenvalue weighted by molar-refractivity contribution is 8.00. The molecule has 5 aliphatic heterocycles. The second kappa shape index (κ2) is 17.2. The van der Waals surface area contributed by atoms with Crippen LogP contribution >= 0.6 is 11.8 Å². The lowest BCUT2D eigenvalue weighted by atomic mass is 9.40. The van der Waals surface area contributed by atoms with Crippen LogP contribution < -0.4 is 21.3 Å². The van der Waals surface area contributed by atoms with E-state index in [-0.39, 0.29) is 49.0 Å². The van der Waals surface area contributed by atoms with Crippen LogP contribution in [0.15, 0.2) is 6.20 Å². The third-order valence-electron chi connectivity index (χ3n) is 20.0. The summed E-state index contributed by atoms with van der Waals surface area (Å²) in [5.41, 5.74) is -5.73. The number of nitrogens with one attached hydrogen (secondary N) is 4. The molecule has 11 rings (SSSR count).